The standard InChI is InChI=1S/C16H15IN2O2/c1-11(20)19-13-6-4-5-12(9-13)10-18-16(21)14-7-2-3-8-15(14)17/h2-9H,10H2,1H3,(H,18,21)(H,19,20). The molecule has 0 heterocycles. The molecule has 2 aromatic rings. The lowest BCUT2D eigenvalue weighted by molar-refractivity contribution is -0.114. The average molecular weight is 394 g/mol. The zero-order valence-electron chi connectivity index (χ0n) is 11.5. The van der Waals surface area contributed by atoms with Crippen molar-refractivity contribution in [2.24, 2.45) is 0 Å². The zero-order valence-corrected chi connectivity index (χ0v) is 13.7. The molecule has 5 heteroatoms. The van der Waals surface area contributed by atoms with E-state index >= 15 is 0 Å². The van der Waals surface area contributed by atoms with Crippen LogP contribution >= 0.6 is 22.6 Å². The maximum atomic E-state index is 12.1. The SMILES string of the molecule is CC(=O)Nc1cccc(CNC(=O)c2ccccc2I)c1. The molecule has 0 atom stereocenters. The topological polar surface area (TPSA) is 58.2 Å². The molecule has 2 amide bonds. The summed E-state index contributed by atoms with van der Waals surface area (Å²) in [7, 11) is 0. The molecule has 0 spiro atoms. The third kappa shape index (κ3) is 4.56. The summed E-state index contributed by atoms with van der Waals surface area (Å²) in [5.41, 5.74) is 2.32. The van der Waals surface area contributed by atoms with Gasteiger partial charge in [-0.15, -0.1) is 0 Å². The van der Waals surface area contributed by atoms with Gasteiger partial charge in [-0.1, -0.05) is 24.3 Å². The van der Waals surface area contributed by atoms with Crippen LogP contribution < -0.4 is 10.6 Å². The lowest BCUT2D eigenvalue weighted by atomic mass is 10.1. The zero-order chi connectivity index (χ0) is 15.2. The lowest BCUT2D eigenvalue weighted by Crippen LogP contribution is -2.23. The lowest BCUT2D eigenvalue weighted by Gasteiger charge is -2.08. The molecular formula is C16H15IN2O2. The van der Waals surface area contributed by atoms with Crippen molar-refractivity contribution in [2.75, 3.05) is 5.32 Å². The van der Waals surface area contributed by atoms with Gasteiger partial charge in [0, 0.05) is 22.7 Å². The van der Waals surface area contributed by atoms with Crippen LogP contribution in [0.15, 0.2) is 48.5 Å². The van der Waals surface area contributed by atoms with Gasteiger partial charge in [-0.25, -0.2) is 0 Å². The number of nitrogens with one attached hydrogen (secondary N) is 2. The Balaban J connectivity index is 2.01. The second kappa shape index (κ2) is 7.21. The van der Waals surface area contributed by atoms with E-state index in [-0.39, 0.29) is 11.8 Å². The second-order valence-electron chi connectivity index (χ2n) is 4.54. The number of hydrogen-bond acceptors (Lipinski definition) is 2. The molecule has 0 aliphatic rings. The predicted molar refractivity (Wildman–Crippen MR) is 91.1 cm³/mol. The van der Waals surface area contributed by atoms with Crippen LogP contribution in [0.4, 0.5) is 5.69 Å². The first-order valence-corrected chi connectivity index (χ1v) is 7.53. The molecule has 21 heavy (non-hydrogen) atoms. The Kier molecular flexibility index (Phi) is 5.32. The van der Waals surface area contributed by atoms with E-state index in [2.05, 4.69) is 33.2 Å². The monoisotopic (exact) mass is 394 g/mol. The van der Waals surface area contributed by atoms with Crippen molar-refractivity contribution in [2.45, 2.75) is 13.5 Å². The van der Waals surface area contributed by atoms with Crippen molar-refractivity contribution < 1.29 is 9.59 Å². The number of benzene rings is 2. The number of carbonyl (C=O) groups excluding carboxylic acids is 2. The normalized spacial score (nSPS) is 10.0. The Labute approximate surface area is 137 Å². The Morgan fingerprint density at radius 1 is 1.10 bits per heavy atom. The number of amides is 2. The van der Waals surface area contributed by atoms with Gasteiger partial charge < -0.3 is 10.6 Å². The fourth-order valence-corrected chi connectivity index (χ4v) is 2.52. The van der Waals surface area contributed by atoms with E-state index in [0.29, 0.717) is 12.1 Å². The summed E-state index contributed by atoms with van der Waals surface area (Å²) in [6.45, 7) is 1.88. The first-order valence-electron chi connectivity index (χ1n) is 6.45. The highest BCUT2D eigenvalue weighted by atomic mass is 127. The summed E-state index contributed by atoms with van der Waals surface area (Å²) >= 11 is 2.14. The fourth-order valence-electron chi connectivity index (χ4n) is 1.89. The molecule has 0 saturated carbocycles. The van der Waals surface area contributed by atoms with E-state index in [1.807, 2.05) is 42.5 Å². The number of hydrogen-bond donors (Lipinski definition) is 2. The summed E-state index contributed by atoms with van der Waals surface area (Å²) < 4.78 is 0.916. The maximum absolute atomic E-state index is 12.1. The minimum atomic E-state index is -0.116. The minimum Gasteiger partial charge on any atom is -0.348 e. The Bertz CT molecular complexity index is 671. The largest absolute Gasteiger partial charge is 0.348 e. The summed E-state index contributed by atoms with van der Waals surface area (Å²) in [6, 6.07) is 14.8. The van der Waals surface area contributed by atoms with Crippen LogP contribution in [0.25, 0.3) is 0 Å². The quantitative estimate of drug-likeness (QED) is 0.783. The van der Waals surface area contributed by atoms with E-state index < -0.39 is 0 Å². The molecule has 0 aliphatic carbocycles. The van der Waals surface area contributed by atoms with Crippen LogP contribution in [-0.2, 0) is 11.3 Å². The van der Waals surface area contributed by atoms with Crippen molar-refractivity contribution in [3.63, 3.8) is 0 Å². The first-order chi connectivity index (χ1) is 10.1. The van der Waals surface area contributed by atoms with Gasteiger partial charge in [0.05, 0.1) is 5.56 Å². The van der Waals surface area contributed by atoms with Gasteiger partial charge in [0.1, 0.15) is 0 Å². The smallest absolute Gasteiger partial charge is 0.252 e. The second-order valence-corrected chi connectivity index (χ2v) is 5.71. The van der Waals surface area contributed by atoms with E-state index in [9.17, 15) is 9.59 Å². The van der Waals surface area contributed by atoms with Crippen molar-refractivity contribution in [3.8, 4) is 0 Å². The number of carbonyl (C=O) groups is 2. The average Bonchev–Trinajstić information content (AvgIpc) is 2.45. The summed E-state index contributed by atoms with van der Waals surface area (Å²) in [5, 5.41) is 5.60. The molecule has 0 bridgehead atoms. The predicted octanol–water partition coefficient (Wildman–Crippen LogP) is 3.18. The van der Waals surface area contributed by atoms with Crippen LogP contribution in [0, 0.1) is 3.57 Å². The maximum Gasteiger partial charge on any atom is 0.252 e. The fraction of sp³-hybridized carbons (Fsp3) is 0.125. The molecule has 0 saturated heterocycles. The van der Waals surface area contributed by atoms with Gasteiger partial charge in [-0.05, 0) is 52.4 Å². The van der Waals surface area contributed by atoms with Crippen LogP contribution in [-0.4, -0.2) is 11.8 Å². The van der Waals surface area contributed by atoms with E-state index in [0.717, 1.165) is 14.8 Å². The highest BCUT2D eigenvalue weighted by molar-refractivity contribution is 14.1. The van der Waals surface area contributed by atoms with Gasteiger partial charge >= 0.3 is 0 Å². The van der Waals surface area contributed by atoms with Crippen LogP contribution in [0.5, 0.6) is 0 Å². The van der Waals surface area contributed by atoms with Gasteiger partial charge in [-0.3, -0.25) is 9.59 Å². The Morgan fingerprint density at radius 3 is 2.57 bits per heavy atom. The number of anilines is 1. The van der Waals surface area contributed by atoms with Crippen molar-refractivity contribution in [1.82, 2.24) is 5.32 Å². The van der Waals surface area contributed by atoms with Crippen LogP contribution in [0.3, 0.4) is 0 Å². The third-order valence-corrected chi connectivity index (χ3v) is 3.76. The van der Waals surface area contributed by atoms with E-state index in [1.54, 1.807) is 6.07 Å². The molecular weight excluding hydrogens is 379 g/mol. The molecule has 2 aromatic carbocycles. The van der Waals surface area contributed by atoms with E-state index in [1.165, 1.54) is 6.92 Å². The third-order valence-electron chi connectivity index (χ3n) is 2.82. The van der Waals surface area contributed by atoms with Crippen molar-refractivity contribution >= 4 is 40.1 Å². The summed E-state index contributed by atoms with van der Waals surface area (Å²) in [4.78, 5) is 23.1. The minimum absolute atomic E-state index is 0.107. The molecule has 0 radical (unpaired) electrons. The van der Waals surface area contributed by atoms with Gasteiger partial charge in [-0.2, -0.15) is 0 Å². The highest BCUT2D eigenvalue weighted by Gasteiger charge is 2.08. The Morgan fingerprint density at radius 2 is 1.86 bits per heavy atom. The van der Waals surface area contributed by atoms with E-state index in [4.69, 9.17) is 0 Å². The van der Waals surface area contributed by atoms with Crippen molar-refractivity contribution in [3.05, 3.63) is 63.2 Å². The highest BCUT2D eigenvalue weighted by Crippen LogP contribution is 2.13. The molecule has 2 N–H and O–H groups in total. The van der Waals surface area contributed by atoms with Gasteiger partial charge in [0.25, 0.3) is 5.91 Å². The molecule has 0 aromatic heterocycles. The molecule has 0 unspecified atom stereocenters. The molecule has 108 valence electrons. The molecule has 0 fully saturated rings. The van der Waals surface area contributed by atoms with Crippen LogP contribution in [0.1, 0.15) is 22.8 Å². The summed E-state index contributed by atoms with van der Waals surface area (Å²) in [6.07, 6.45) is 0. The number of rotatable bonds is 4. The molecule has 0 aliphatic heterocycles. The molecule has 4 nitrogen and oxygen atoms in total. The summed E-state index contributed by atoms with van der Waals surface area (Å²) in [5.74, 6) is -0.222. The van der Waals surface area contributed by atoms with Gasteiger partial charge in [0.15, 0.2) is 0 Å². The van der Waals surface area contributed by atoms with Crippen LogP contribution in [0.2, 0.25) is 0 Å². The number of halogens is 1. The first kappa shape index (κ1) is 15.5. The van der Waals surface area contributed by atoms with Gasteiger partial charge in [0.2, 0.25) is 5.91 Å². The van der Waals surface area contributed by atoms with Crippen molar-refractivity contribution in [1.29, 1.82) is 0 Å². The Hall–Kier alpha value is -1.89. The molecule has 2 rings (SSSR count).